The second-order valence-corrected chi connectivity index (χ2v) is 8.70. The number of carbonyl (C=O) groups excluding carboxylic acids is 1. The van der Waals surface area contributed by atoms with Gasteiger partial charge in [-0.1, -0.05) is 13.8 Å². The van der Waals surface area contributed by atoms with Crippen molar-refractivity contribution in [1.29, 1.82) is 0 Å². The smallest absolute Gasteiger partial charge is 0.262 e. The van der Waals surface area contributed by atoms with Crippen molar-refractivity contribution in [3.05, 3.63) is 23.8 Å². The molecule has 1 aromatic carbocycles. The molecule has 1 fully saturated rings. The average Bonchev–Trinajstić information content (AvgIpc) is 2.78. The van der Waals surface area contributed by atoms with E-state index in [9.17, 15) is 22.0 Å². The van der Waals surface area contributed by atoms with Crippen LogP contribution in [0.5, 0.6) is 0 Å². The minimum Gasteiger partial charge on any atom is -0.326 e. The maximum absolute atomic E-state index is 13.3. The Hall–Kier alpha value is -1.54. The number of sulfonamides is 1. The number of amides is 1. The number of benzene rings is 1. The summed E-state index contributed by atoms with van der Waals surface area (Å²) in [7, 11) is -3.97. The molecule has 23 heavy (non-hydrogen) atoms. The largest absolute Gasteiger partial charge is 0.326 e. The van der Waals surface area contributed by atoms with Crippen LogP contribution in [0.2, 0.25) is 0 Å². The van der Waals surface area contributed by atoms with Crippen molar-refractivity contribution >= 4 is 21.6 Å². The molecular weight excluding hydrogens is 326 g/mol. The van der Waals surface area contributed by atoms with Crippen LogP contribution < -0.4 is 5.32 Å². The Labute approximate surface area is 133 Å². The third kappa shape index (κ3) is 2.85. The highest BCUT2D eigenvalue weighted by atomic mass is 32.2. The van der Waals surface area contributed by atoms with Gasteiger partial charge in [0.1, 0.15) is 0 Å². The van der Waals surface area contributed by atoms with Crippen LogP contribution in [0.1, 0.15) is 32.3 Å². The normalized spacial score (nSPS) is 23.4. The number of alkyl halides is 2. The zero-order valence-electron chi connectivity index (χ0n) is 12.9. The minimum absolute atomic E-state index is 0.0156. The quantitative estimate of drug-likeness (QED) is 0.895. The van der Waals surface area contributed by atoms with Crippen molar-refractivity contribution in [2.45, 2.75) is 42.9 Å². The Balaban J connectivity index is 2.01. The Morgan fingerprint density at radius 1 is 1.26 bits per heavy atom. The van der Waals surface area contributed by atoms with E-state index in [4.69, 9.17) is 0 Å². The summed E-state index contributed by atoms with van der Waals surface area (Å²) in [5.74, 6) is -3.11. The van der Waals surface area contributed by atoms with Gasteiger partial charge in [0.2, 0.25) is 15.9 Å². The molecule has 8 heteroatoms. The highest BCUT2D eigenvalue weighted by molar-refractivity contribution is 7.89. The number of hydrogen-bond donors (Lipinski definition) is 1. The van der Waals surface area contributed by atoms with E-state index in [0.29, 0.717) is 11.3 Å². The van der Waals surface area contributed by atoms with E-state index in [1.165, 1.54) is 18.2 Å². The fourth-order valence-electron chi connectivity index (χ4n) is 3.10. The molecule has 0 bridgehead atoms. The summed E-state index contributed by atoms with van der Waals surface area (Å²) < 4.78 is 52.7. The highest BCUT2D eigenvalue weighted by Gasteiger charge is 2.44. The summed E-state index contributed by atoms with van der Waals surface area (Å²) in [5.41, 5.74) is 0.749. The Morgan fingerprint density at radius 2 is 1.96 bits per heavy atom. The highest BCUT2D eigenvalue weighted by Crippen LogP contribution is 2.39. The molecule has 0 unspecified atom stereocenters. The third-order valence-corrected chi connectivity index (χ3v) is 6.21. The number of fused-ring (bicyclic) bond motifs is 1. The molecule has 3 rings (SSSR count). The summed E-state index contributed by atoms with van der Waals surface area (Å²) in [6.07, 6.45) is -0.218. The Bertz CT molecular complexity index is 775. The summed E-state index contributed by atoms with van der Waals surface area (Å²) in [5, 5.41) is 2.71. The molecule has 126 valence electrons. The third-order valence-electron chi connectivity index (χ3n) is 4.37. The van der Waals surface area contributed by atoms with Gasteiger partial charge in [0.15, 0.2) is 0 Å². The first-order valence-electron chi connectivity index (χ1n) is 7.34. The molecule has 2 aliphatic heterocycles. The zero-order valence-corrected chi connectivity index (χ0v) is 13.7. The first kappa shape index (κ1) is 16.3. The zero-order chi connectivity index (χ0) is 17.0. The summed E-state index contributed by atoms with van der Waals surface area (Å²) in [4.78, 5) is 11.7. The number of nitrogens with one attached hydrogen (secondary N) is 1. The van der Waals surface area contributed by atoms with E-state index in [0.717, 1.165) is 4.31 Å². The van der Waals surface area contributed by atoms with Gasteiger partial charge in [-0.2, -0.15) is 4.31 Å². The van der Waals surface area contributed by atoms with E-state index >= 15 is 0 Å². The molecule has 1 N–H and O–H groups in total. The lowest BCUT2D eigenvalue weighted by atomic mass is 9.78. The lowest BCUT2D eigenvalue weighted by Crippen LogP contribution is -2.34. The van der Waals surface area contributed by atoms with Crippen molar-refractivity contribution in [2.75, 3.05) is 18.4 Å². The molecule has 1 amide bonds. The lowest BCUT2D eigenvalue weighted by molar-refractivity contribution is -0.117. The van der Waals surface area contributed by atoms with Gasteiger partial charge in [-0.05, 0) is 23.8 Å². The number of carbonyl (C=O) groups is 1. The molecule has 1 aromatic rings. The summed E-state index contributed by atoms with van der Waals surface area (Å²) >= 11 is 0. The molecule has 0 aliphatic carbocycles. The van der Waals surface area contributed by atoms with Crippen LogP contribution >= 0.6 is 0 Å². The van der Waals surface area contributed by atoms with E-state index in [2.05, 4.69) is 5.32 Å². The van der Waals surface area contributed by atoms with Crippen LogP contribution in [-0.2, 0) is 20.2 Å². The monoisotopic (exact) mass is 344 g/mol. The molecule has 0 aromatic heterocycles. The summed E-state index contributed by atoms with van der Waals surface area (Å²) in [6, 6.07) is 4.36. The van der Waals surface area contributed by atoms with Gasteiger partial charge in [0, 0.05) is 30.5 Å². The number of nitrogens with zero attached hydrogens (tertiary/aromatic N) is 1. The molecular formula is C15H18F2N2O3S. The number of hydrogen-bond acceptors (Lipinski definition) is 3. The van der Waals surface area contributed by atoms with Crippen LogP contribution in [0.15, 0.2) is 23.1 Å². The predicted molar refractivity (Wildman–Crippen MR) is 81.0 cm³/mol. The number of rotatable bonds is 2. The molecule has 2 heterocycles. The van der Waals surface area contributed by atoms with Gasteiger partial charge < -0.3 is 5.32 Å². The Morgan fingerprint density at radius 3 is 2.57 bits per heavy atom. The van der Waals surface area contributed by atoms with Gasteiger partial charge in [-0.15, -0.1) is 0 Å². The van der Waals surface area contributed by atoms with Crippen molar-refractivity contribution in [1.82, 2.24) is 4.31 Å². The fourth-order valence-corrected chi connectivity index (χ4v) is 4.60. The van der Waals surface area contributed by atoms with Gasteiger partial charge in [-0.3, -0.25) is 4.79 Å². The van der Waals surface area contributed by atoms with Crippen LogP contribution in [0.4, 0.5) is 14.5 Å². The fraction of sp³-hybridized carbons (Fsp3) is 0.533. The van der Waals surface area contributed by atoms with Gasteiger partial charge in [0.25, 0.3) is 5.92 Å². The molecule has 0 spiro atoms. The van der Waals surface area contributed by atoms with Crippen LogP contribution in [0.25, 0.3) is 0 Å². The second kappa shape index (κ2) is 4.98. The molecule has 2 aliphatic rings. The van der Waals surface area contributed by atoms with Crippen molar-refractivity contribution in [3.8, 4) is 0 Å². The molecule has 0 saturated carbocycles. The molecule has 0 radical (unpaired) electrons. The lowest BCUT2D eigenvalue weighted by Gasteiger charge is -2.32. The van der Waals surface area contributed by atoms with Crippen LogP contribution in [-0.4, -0.2) is 37.6 Å². The van der Waals surface area contributed by atoms with Crippen molar-refractivity contribution in [3.63, 3.8) is 0 Å². The maximum atomic E-state index is 13.3. The number of halogens is 2. The van der Waals surface area contributed by atoms with Crippen LogP contribution in [0, 0.1) is 0 Å². The van der Waals surface area contributed by atoms with E-state index in [1.54, 1.807) is 0 Å². The van der Waals surface area contributed by atoms with Crippen molar-refractivity contribution in [2.24, 2.45) is 0 Å². The topological polar surface area (TPSA) is 66.5 Å². The maximum Gasteiger partial charge on any atom is 0.262 e. The average molecular weight is 344 g/mol. The Kier molecular flexibility index (Phi) is 3.53. The van der Waals surface area contributed by atoms with Gasteiger partial charge in [-0.25, -0.2) is 17.2 Å². The first-order valence-corrected chi connectivity index (χ1v) is 8.78. The van der Waals surface area contributed by atoms with E-state index < -0.39 is 34.3 Å². The van der Waals surface area contributed by atoms with E-state index in [1.807, 2.05) is 13.8 Å². The first-order chi connectivity index (χ1) is 10.5. The van der Waals surface area contributed by atoms with E-state index in [-0.39, 0.29) is 23.8 Å². The SMILES string of the molecule is CC1(C)CC(=O)Nc2ccc(S(=O)(=O)N3CCC(F)(F)C3)cc21. The molecule has 0 atom stereocenters. The van der Waals surface area contributed by atoms with Crippen LogP contribution in [0.3, 0.4) is 0 Å². The number of anilines is 1. The standard InChI is InChI=1S/C15H18F2N2O3S/c1-14(2)8-13(20)18-12-4-3-10(7-11(12)14)23(21,22)19-6-5-15(16,17)9-19/h3-4,7H,5-6,8-9H2,1-2H3,(H,18,20). The molecule has 5 nitrogen and oxygen atoms in total. The van der Waals surface area contributed by atoms with Gasteiger partial charge in [0.05, 0.1) is 11.4 Å². The minimum atomic E-state index is -3.97. The molecule has 1 saturated heterocycles. The summed E-state index contributed by atoms with van der Waals surface area (Å²) in [6.45, 7) is 2.73. The predicted octanol–water partition coefficient (Wildman–Crippen LogP) is 2.34. The van der Waals surface area contributed by atoms with Gasteiger partial charge >= 0.3 is 0 Å². The van der Waals surface area contributed by atoms with Crippen molar-refractivity contribution < 1.29 is 22.0 Å². The second-order valence-electron chi connectivity index (χ2n) is 6.76.